The Balaban J connectivity index is 0.00000264. The molecule has 0 saturated carbocycles. The van der Waals surface area contributed by atoms with Gasteiger partial charge < -0.3 is 16.4 Å². The molecule has 1 aromatic carbocycles. The second kappa shape index (κ2) is 8.92. The first-order valence-electron chi connectivity index (χ1n) is 6.96. The fraction of sp³-hybridized carbons (Fsp3) is 0.267. The van der Waals surface area contributed by atoms with Crippen molar-refractivity contribution in [3.05, 3.63) is 48.3 Å². The first kappa shape index (κ1) is 18.7. The molecule has 1 atom stereocenters. The number of carbonyl (C=O) groups excluding carboxylic acids is 2. The molecule has 0 radical (unpaired) electrons. The van der Waals surface area contributed by atoms with Crippen LogP contribution in [-0.4, -0.2) is 34.7 Å². The molecular formula is C15H20ClN5O2. The van der Waals surface area contributed by atoms with Crippen LogP contribution in [0, 0.1) is 0 Å². The predicted molar refractivity (Wildman–Crippen MR) is 89.4 cm³/mol. The van der Waals surface area contributed by atoms with E-state index in [9.17, 15) is 9.59 Å². The van der Waals surface area contributed by atoms with Gasteiger partial charge in [0.1, 0.15) is 0 Å². The van der Waals surface area contributed by atoms with Gasteiger partial charge in [-0.25, -0.2) is 4.68 Å². The van der Waals surface area contributed by atoms with Crippen molar-refractivity contribution in [1.82, 2.24) is 20.4 Å². The van der Waals surface area contributed by atoms with Crippen molar-refractivity contribution in [3.63, 3.8) is 0 Å². The first-order valence-corrected chi connectivity index (χ1v) is 6.96. The van der Waals surface area contributed by atoms with E-state index >= 15 is 0 Å². The maximum Gasteiger partial charge on any atom is 0.239 e. The van der Waals surface area contributed by atoms with Gasteiger partial charge in [0.05, 0.1) is 24.8 Å². The Morgan fingerprint density at radius 3 is 2.52 bits per heavy atom. The third-order valence-electron chi connectivity index (χ3n) is 3.17. The van der Waals surface area contributed by atoms with Crippen molar-refractivity contribution in [2.45, 2.75) is 13.0 Å². The number of nitrogens with two attached hydrogens (primary N) is 1. The number of hydrogen-bond donors (Lipinski definition) is 3. The molecule has 1 heterocycles. The van der Waals surface area contributed by atoms with Crippen LogP contribution in [-0.2, 0) is 9.59 Å². The van der Waals surface area contributed by atoms with E-state index in [1.165, 1.54) is 0 Å². The smallest absolute Gasteiger partial charge is 0.239 e. The molecule has 0 saturated heterocycles. The molecule has 0 fully saturated rings. The molecule has 2 amide bonds. The minimum absolute atomic E-state index is 0. The SMILES string of the molecule is CC(NC(=O)CNC(=O)CN)c1ccc(-n2cccn2)cc1.Cl. The molecule has 7 nitrogen and oxygen atoms in total. The summed E-state index contributed by atoms with van der Waals surface area (Å²) in [5.74, 6) is -0.614. The summed E-state index contributed by atoms with van der Waals surface area (Å²) in [7, 11) is 0. The van der Waals surface area contributed by atoms with Crippen LogP contribution in [0.15, 0.2) is 42.7 Å². The van der Waals surface area contributed by atoms with E-state index < -0.39 is 0 Å². The molecule has 1 aromatic heterocycles. The van der Waals surface area contributed by atoms with Gasteiger partial charge in [0, 0.05) is 12.4 Å². The molecule has 1 unspecified atom stereocenters. The average Bonchev–Trinajstić information content (AvgIpc) is 3.07. The highest BCUT2D eigenvalue weighted by atomic mass is 35.5. The molecule has 0 aliphatic rings. The van der Waals surface area contributed by atoms with Gasteiger partial charge in [0.2, 0.25) is 11.8 Å². The third-order valence-corrected chi connectivity index (χ3v) is 3.17. The molecule has 0 spiro atoms. The number of carbonyl (C=O) groups is 2. The van der Waals surface area contributed by atoms with Crippen LogP contribution in [0.3, 0.4) is 0 Å². The zero-order valence-electron chi connectivity index (χ0n) is 12.7. The lowest BCUT2D eigenvalue weighted by molar-refractivity contribution is -0.125. The summed E-state index contributed by atoms with van der Waals surface area (Å²) in [6.45, 7) is 1.68. The Kier molecular flexibility index (Phi) is 7.24. The average molecular weight is 338 g/mol. The maximum atomic E-state index is 11.7. The summed E-state index contributed by atoms with van der Waals surface area (Å²) < 4.78 is 1.76. The van der Waals surface area contributed by atoms with Gasteiger partial charge in [-0.15, -0.1) is 12.4 Å². The summed E-state index contributed by atoms with van der Waals surface area (Å²) in [5, 5.41) is 9.40. The number of rotatable bonds is 6. The molecular weight excluding hydrogens is 318 g/mol. The maximum absolute atomic E-state index is 11.7. The normalized spacial score (nSPS) is 11.2. The van der Waals surface area contributed by atoms with Crippen LogP contribution in [0.2, 0.25) is 0 Å². The van der Waals surface area contributed by atoms with Crippen LogP contribution in [0.25, 0.3) is 5.69 Å². The number of hydrogen-bond acceptors (Lipinski definition) is 4. The van der Waals surface area contributed by atoms with E-state index in [4.69, 9.17) is 5.73 Å². The lowest BCUT2D eigenvalue weighted by Crippen LogP contribution is -2.40. The lowest BCUT2D eigenvalue weighted by Gasteiger charge is -2.15. The largest absolute Gasteiger partial charge is 0.348 e. The van der Waals surface area contributed by atoms with Crippen molar-refractivity contribution < 1.29 is 9.59 Å². The van der Waals surface area contributed by atoms with Crippen LogP contribution < -0.4 is 16.4 Å². The van der Waals surface area contributed by atoms with E-state index in [1.807, 2.05) is 43.5 Å². The summed E-state index contributed by atoms with van der Waals surface area (Å²) in [6.07, 6.45) is 3.58. The van der Waals surface area contributed by atoms with Gasteiger partial charge >= 0.3 is 0 Å². The molecule has 2 rings (SSSR count). The highest BCUT2D eigenvalue weighted by Gasteiger charge is 2.10. The molecule has 0 aliphatic heterocycles. The van der Waals surface area contributed by atoms with Crippen molar-refractivity contribution in [1.29, 1.82) is 0 Å². The van der Waals surface area contributed by atoms with Gasteiger partial charge in [0.25, 0.3) is 0 Å². The van der Waals surface area contributed by atoms with Crippen LogP contribution in [0.5, 0.6) is 0 Å². The molecule has 0 bridgehead atoms. The molecule has 23 heavy (non-hydrogen) atoms. The van der Waals surface area contributed by atoms with E-state index in [-0.39, 0.29) is 43.4 Å². The quantitative estimate of drug-likeness (QED) is 0.716. The second-order valence-electron chi connectivity index (χ2n) is 4.81. The number of aromatic nitrogens is 2. The zero-order valence-corrected chi connectivity index (χ0v) is 13.5. The Morgan fingerprint density at radius 2 is 1.96 bits per heavy atom. The van der Waals surface area contributed by atoms with Crippen LogP contribution in [0.4, 0.5) is 0 Å². The van der Waals surface area contributed by atoms with Crippen molar-refractivity contribution in [2.24, 2.45) is 5.73 Å². The van der Waals surface area contributed by atoms with E-state index in [0.29, 0.717) is 0 Å². The molecule has 0 aliphatic carbocycles. The molecule has 2 aromatic rings. The fourth-order valence-electron chi connectivity index (χ4n) is 1.96. The number of amides is 2. The van der Waals surface area contributed by atoms with Gasteiger partial charge in [-0.05, 0) is 30.7 Å². The number of halogens is 1. The minimum atomic E-state index is -0.355. The number of nitrogens with zero attached hydrogens (tertiary/aromatic N) is 2. The number of nitrogens with one attached hydrogen (secondary N) is 2. The van der Waals surface area contributed by atoms with Crippen molar-refractivity contribution in [2.75, 3.05) is 13.1 Å². The second-order valence-corrected chi connectivity index (χ2v) is 4.81. The van der Waals surface area contributed by atoms with Gasteiger partial charge in [-0.3, -0.25) is 9.59 Å². The van der Waals surface area contributed by atoms with E-state index in [2.05, 4.69) is 15.7 Å². The summed E-state index contributed by atoms with van der Waals surface area (Å²) in [5.41, 5.74) is 7.07. The summed E-state index contributed by atoms with van der Waals surface area (Å²) in [4.78, 5) is 22.7. The molecule has 124 valence electrons. The van der Waals surface area contributed by atoms with E-state index in [0.717, 1.165) is 11.3 Å². The fourth-order valence-corrected chi connectivity index (χ4v) is 1.96. The summed E-state index contributed by atoms with van der Waals surface area (Å²) >= 11 is 0. The Labute approximate surface area is 140 Å². The van der Waals surface area contributed by atoms with E-state index in [1.54, 1.807) is 10.9 Å². The third kappa shape index (κ3) is 5.39. The molecule has 4 N–H and O–H groups in total. The monoisotopic (exact) mass is 337 g/mol. The highest BCUT2D eigenvalue weighted by molar-refractivity contribution is 5.85. The van der Waals surface area contributed by atoms with Gasteiger partial charge in [-0.2, -0.15) is 5.10 Å². The van der Waals surface area contributed by atoms with Gasteiger partial charge in [0.15, 0.2) is 0 Å². The topological polar surface area (TPSA) is 102 Å². The Morgan fingerprint density at radius 1 is 1.26 bits per heavy atom. The summed E-state index contributed by atoms with van der Waals surface area (Å²) in [6, 6.07) is 9.42. The standard InChI is InChI=1S/C15H19N5O2.ClH/c1-11(19-15(22)10-17-14(21)9-16)12-3-5-13(6-4-12)20-8-2-7-18-20;/h2-8,11H,9-10,16H2,1H3,(H,17,21)(H,19,22);1H. The van der Waals surface area contributed by atoms with Crippen molar-refractivity contribution >= 4 is 24.2 Å². The number of benzene rings is 1. The van der Waals surface area contributed by atoms with Gasteiger partial charge in [-0.1, -0.05) is 12.1 Å². The lowest BCUT2D eigenvalue weighted by atomic mass is 10.1. The predicted octanol–water partition coefficient (Wildman–Crippen LogP) is 0.546. The highest BCUT2D eigenvalue weighted by Crippen LogP contribution is 2.15. The van der Waals surface area contributed by atoms with Crippen LogP contribution in [0.1, 0.15) is 18.5 Å². The minimum Gasteiger partial charge on any atom is -0.348 e. The first-order chi connectivity index (χ1) is 10.6. The Hall–Kier alpha value is -2.38. The Bertz CT molecular complexity index is 628. The molecule has 8 heteroatoms. The van der Waals surface area contributed by atoms with Crippen LogP contribution >= 0.6 is 12.4 Å². The zero-order chi connectivity index (χ0) is 15.9. The van der Waals surface area contributed by atoms with Crippen molar-refractivity contribution in [3.8, 4) is 5.69 Å².